The van der Waals surface area contributed by atoms with Crippen molar-refractivity contribution in [3.05, 3.63) is 0 Å². The molecule has 1 N–H and O–H groups in total. The summed E-state index contributed by atoms with van der Waals surface area (Å²) in [5, 5.41) is 3.37. The maximum atomic E-state index is 11.8. The van der Waals surface area contributed by atoms with Gasteiger partial charge >= 0.3 is 0 Å². The molecule has 0 saturated heterocycles. The fourth-order valence-corrected chi connectivity index (χ4v) is 8.46. The van der Waals surface area contributed by atoms with E-state index in [-0.39, 0.29) is 11.4 Å². The second-order valence-electron chi connectivity index (χ2n) is 12.3. The number of carbonyl (C=O) groups excluding carboxylic acids is 1. The number of carbonyl (C=O) groups is 1. The average Bonchev–Trinajstić information content (AvgIpc) is 2.90. The van der Waals surface area contributed by atoms with E-state index in [1.54, 1.807) is 6.92 Å². The van der Waals surface area contributed by atoms with Gasteiger partial charge in [-0.25, -0.2) is 0 Å². The summed E-state index contributed by atoms with van der Waals surface area (Å²) in [6.07, 6.45) is 31.9. The molecule has 2 atom stereocenters. The van der Waals surface area contributed by atoms with Crippen LogP contribution in [0, 0.1) is 23.2 Å². The van der Waals surface area contributed by atoms with E-state index in [9.17, 15) is 4.79 Å². The van der Waals surface area contributed by atoms with Crippen LogP contribution in [0.4, 0.5) is 0 Å². The highest BCUT2D eigenvalue weighted by Crippen LogP contribution is 2.58. The van der Waals surface area contributed by atoms with Crippen LogP contribution in [0.3, 0.4) is 0 Å². The predicted molar refractivity (Wildman–Crippen MR) is 131 cm³/mol. The third-order valence-electron chi connectivity index (χ3n) is 10.4. The van der Waals surface area contributed by atoms with E-state index in [1.165, 1.54) is 141 Å². The number of hydrogen-bond donors (Lipinski definition) is 1. The molecule has 2 nitrogen and oxygen atoms in total. The molecule has 0 aromatic heterocycles. The van der Waals surface area contributed by atoms with Gasteiger partial charge in [0.15, 0.2) is 0 Å². The minimum atomic E-state index is 0.157. The minimum Gasteiger partial charge on any atom is -0.351 e. The Balaban J connectivity index is 1.37. The fourth-order valence-electron chi connectivity index (χ4n) is 8.46. The van der Waals surface area contributed by atoms with Gasteiger partial charge in [-0.2, -0.15) is 0 Å². The number of amides is 1. The summed E-state index contributed by atoms with van der Waals surface area (Å²) in [6, 6.07) is 0. The lowest BCUT2D eigenvalue weighted by atomic mass is 9.51. The zero-order chi connectivity index (χ0) is 21.6. The molecule has 0 aromatic rings. The standard InChI is InChI=1S/C29H51NO/c1-24(31)30-29-21-18-28(19-22-29,20-23-29)27-15-11-7-10-14-26(16-17-27)25-12-8-5-3-2-4-6-9-13-25/h25-27H,2-23H2,1H3,(H,30,31). The molecule has 5 aliphatic rings. The van der Waals surface area contributed by atoms with Gasteiger partial charge in [0.05, 0.1) is 0 Å². The molecular formula is C29H51NO. The number of nitrogens with one attached hydrogen (secondary N) is 1. The first-order valence-electron chi connectivity index (χ1n) is 14.4. The van der Waals surface area contributed by atoms with Crippen molar-refractivity contribution in [2.45, 2.75) is 154 Å². The Morgan fingerprint density at radius 2 is 1.03 bits per heavy atom. The molecule has 178 valence electrons. The lowest BCUT2D eigenvalue weighted by Crippen LogP contribution is -2.57. The van der Waals surface area contributed by atoms with Crippen LogP contribution in [-0.4, -0.2) is 11.4 Å². The lowest BCUT2D eigenvalue weighted by Gasteiger charge is -2.57. The molecule has 31 heavy (non-hydrogen) atoms. The zero-order valence-corrected chi connectivity index (χ0v) is 20.7. The van der Waals surface area contributed by atoms with Crippen molar-refractivity contribution in [1.29, 1.82) is 0 Å². The van der Waals surface area contributed by atoms with E-state index in [1.807, 2.05) is 0 Å². The predicted octanol–water partition coefficient (Wildman–Crippen LogP) is 8.33. The Morgan fingerprint density at radius 3 is 1.58 bits per heavy atom. The largest absolute Gasteiger partial charge is 0.351 e. The molecule has 2 bridgehead atoms. The van der Waals surface area contributed by atoms with Crippen LogP contribution < -0.4 is 5.32 Å². The first-order valence-corrected chi connectivity index (χ1v) is 14.4. The highest BCUT2D eigenvalue weighted by atomic mass is 16.1. The normalized spacial score (nSPS) is 39.1. The van der Waals surface area contributed by atoms with Crippen molar-refractivity contribution >= 4 is 5.91 Å². The van der Waals surface area contributed by atoms with Gasteiger partial charge in [0.1, 0.15) is 0 Å². The van der Waals surface area contributed by atoms with Crippen molar-refractivity contribution in [2.24, 2.45) is 23.2 Å². The summed E-state index contributed by atoms with van der Waals surface area (Å²) in [6.45, 7) is 1.71. The van der Waals surface area contributed by atoms with E-state index < -0.39 is 0 Å². The van der Waals surface area contributed by atoms with Crippen molar-refractivity contribution in [3.63, 3.8) is 0 Å². The molecule has 2 heteroatoms. The molecule has 1 amide bonds. The van der Waals surface area contributed by atoms with Gasteiger partial charge in [0.25, 0.3) is 0 Å². The smallest absolute Gasteiger partial charge is 0.217 e. The van der Waals surface area contributed by atoms with Crippen LogP contribution in [-0.2, 0) is 4.79 Å². The van der Waals surface area contributed by atoms with Crippen molar-refractivity contribution in [3.8, 4) is 0 Å². The van der Waals surface area contributed by atoms with Gasteiger partial charge in [-0.3, -0.25) is 4.79 Å². The molecule has 5 aliphatic carbocycles. The van der Waals surface area contributed by atoms with Crippen LogP contribution in [0.15, 0.2) is 0 Å². The van der Waals surface area contributed by atoms with Crippen LogP contribution >= 0.6 is 0 Å². The molecule has 5 fully saturated rings. The topological polar surface area (TPSA) is 29.1 Å². The Morgan fingerprint density at radius 1 is 0.581 bits per heavy atom. The summed E-state index contributed by atoms with van der Waals surface area (Å²) >= 11 is 0. The minimum absolute atomic E-state index is 0.157. The van der Waals surface area contributed by atoms with Gasteiger partial charge in [-0.05, 0) is 81.0 Å². The molecule has 5 rings (SSSR count). The van der Waals surface area contributed by atoms with E-state index >= 15 is 0 Å². The third-order valence-corrected chi connectivity index (χ3v) is 10.4. The van der Waals surface area contributed by atoms with Crippen LogP contribution in [0.1, 0.15) is 148 Å². The SMILES string of the molecule is CC(=O)NC12CCC(C3CCCCCC(C4CCCCCCCCC4)CC3)(CC1)CC2. The van der Waals surface area contributed by atoms with Gasteiger partial charge in [-0.1, -0.05) is 83.5 Å². The van der Waals surface area contributed by atoms with Crippen LogP contribution in [0.25, 0.3) is 0 Å². The second-order valence-corrected chi connectivity index (χ2v) is 12.3. The average molecular weight is 430 g/mol. The summed E-state index contributed by atoms with van der Waals surface area (Å²) in [5.41, 5.74) is 0.774. The van der Waals surface area contributed by atoms with E-state index in [2.05, 4.69) is 5.32 Å². The van der Waals surface area contributed by atoms with Gasteiger partial charge < -0.3 is 5.32 Å². The number of rotatable bonds is 3. The third kappa shape index (κ3) is 6.08. The van der Waals surface area contributed by atoms with Gasteiger partial charge in [0.2, 0.25) is 5.91 Å². The molecule has 2 unspecified atom stereocenters. The maximum Gasteiger partial charge on any atom is 0.217 e. The van der Waals surface area contributed by atoms with Crippen molar-refractivity contribution in [1.82, 2.24) is 5.32 Å². The Kier molecular flexibility index (Phi) is 8.43. The summed E-state index contributed by atoms with van der Waals surface area (Å²) < 4.78 is 0. The van der Waals surface area contributed by atoms with E-state index in [4.69, 9.17) is 0 Å². The molecule has 0 radical (unpaired) electrons. The molecular weight excluding hydrogens is 378 g/mol. The van der Waals surface area contributed by atoms with Crippen LogP contribution in [0.2, 0.25) is 0 Å². The van der Waals surface area contributed by atoms with E-state index in [0.717, 1.165) is 17.8 Å². The zero-order valence-electron chi connectivity index (χ0n) is 20.7. The first kappa shape index (κ1) is 23.6. The number of hydrogen-bond acceptors (Lipinski definition) is 1. The van der Waals surface area contributed by atoms with E-state index in [0.29, 0.717) is 5.41 Å². The highest BCUT2D eigenvalue weighted by Gasteiger charge is 2.51. The molecule has 5 saturated carbocycles. The van der Waals surface area contributed by atoms with Crippen molar-refractivity contribution < 1.29 is 4.79 Å². The van der Waals surface area contributed by atoms with Crippen LogP contribution in [0.5, 0.6) is 0 Å². The lowest BCUT2D eigenvalue weighted by molar-refractivity contribution is -0.124. The Labute approximate surface area is 193 Å². The summed E-state index contributed by atoms with van der Waals surface area (Å²) in [7, 11) is 0. The van der Waals surface area contributed by atoms with Gasteiger partial charge in [0, 0.05) is 12.5 Å². The molecule has 0 aromatic carbocycles. The molecule has 0 aliphatic heterocycles. The maximum absolute atomic E-state index is 11.8. The molecule has 0 heterocycles. The monoisotopic (exact) mass is 429 g/mol. The Hall–Kier alpha value is -0.530. The Bertz CT molecular complexity index is 535. The quantitative estimate of drug-likeness (QED) is 0.480. The summed E-state index contributed by atoms with van der Waals surface area (Å²) in [5.74, 6) is 3.19. The molecule has 0 spiro atoms. The second kappa shape index (κ2) is 11.1. The fraction of sp³-hybridized carbons (Fsp3) is 0.966. The summed E-state index contributed by atoms with van der Waals surface area (Å²) in [4.78, 5) is 11.8. The highest BCUT2D eigenvalue weighted by molar-refractivity contribution is 5.73. The first-order chi connectivity index (χ1) is 15.1. The van der Waals surface area contributed by atoms with Gasteiger partial charge in [-0.15, -0.1) is 0 Å². The number of fused-ring (bicyclic) bond motifs is 3. The van der Waals surface area contributed by atoms with Crippen molar-refractivity contribution in [2.75, 3.05) is 0 Å².